The van der Waals surface area contributed by atoms with E-state index in [1.165, 1.54) is 6.07 Å². The third-order valence-electron chi connectivity index (χ3n) is 3.06. The van der Waals surface area contributed by atoms with Gasteiger partial charge in [0.05, 0.1) is 18.0 Å². The van der Waals surface area contributed by atoms with Gasteiger partial charge in [-0.3, -0.25) is 4.98 Å². The third-order valence-corrected chi connectivity index (χ3v) is 3.06. The van der Waals surface area contributed by atoms with Crippen molar-refractivity contribution in [1.82, 2.24) is 10.3 Å². The van der Waals surface area contributed by atoms with E-state index in [2.05, 4.69) is 10.3 Å². The number of rotatable bonds is 5. The summed E-state index contributed by atoms with van der Waals surface area (Å²) in [5.74, 6) is -0.00734. The maximum Gasteiger partial charge on any atom is 0.407 e. The lowest BCUT2D eigenvalue weighted by Gasteiger charge is -2.20. The van der Waals surface area contributed by atoms with Gasteiger partial charge in [-0.2, -0.15) is 0 Å². The number of aromatic nitrogens is 1. The average molecular weight is 350 g/mol. The van der Waals surface area contributed by atoms with Crippen LogP contribution in [0, 0.1) is 5.82 Å². The molecule has 25 heavy (non-hydrogen) atoms. The zero-order chi connectivity index (χ0) is 18.4. The topological polar surface area (TPSA) is 60.5 Å². The Bertz CT molecular complexity index is 785. The van der Waals surface area contributed by atoms with Crippen LogP contribution in [0.2, 0.25) is 0 Å². The fourth-order valence-electron chi connectivity index (χ4n) is 1.97. The van der Waals surface area contributed by atoms with Crippen LogP contribution in [0.5, 0.6) is 5.75 Å². The van der Waals surface area contributed by atoms with Crippen LogP contribution in [0.15, 0.2) is 42.4 Å². The zero-order valence-electron chi connectivity index (χ0n) is 14.3. The fourth-order valence-corrected chi connectivity index (χ4v) is 1.97. The van der Waals surface area contributed by atoms with Gasteiger partial charge in [0.15, 0.2) is 0 Å². The number of carbonyl (C=O) groups excluding carboxylic acids is 1. The minimum absolute atomic E-state index is 0.0465. The number of carbonyl (C=O) groups is 1. The summed E-state index contributed by atoms with van der Waals surface area (Å²) < 4.78 is 36.7. The predicted octanol–water partition coefficient (Wildman–Crippen LogP) is 4.13. The van der Waals surface area contributed by atoms with Crippen molar-refractivity contribution < 1.29 is 23.0 Å². The lowest BCUT2D eigenvalue weighted by molar-refractivity contribution is 0.0531. The van der Waals surface area contributed by atoms with Crippen LogP contribution in [-0.2, 0) is 4.74 Å². The second kappa shape index (κ2) is 7.92. The quantitative estimate of drug-likeness (QED) is 0.881. The van der Waals surface area contributed by atoms with Gasteiger partial charge in [-0.1, -0.05) is 0 Å². The molecule has 0 saturated carbocycles. The predicted molar refractivity (Wildman–Crippen MR) is 90.6 cm³/mol. The van der Waals surface area contributed by atoms with Crippen LogP contribution in [-0.4, -0.2) is 29.8 Å². The van der Waals surface area contributed by atoms with Crippen molar-refractivity contribution in [3.63, 3.8) is 0 Å². The molecule has 1 heterocycles. The number of hydrogen-bond donors (Lipinski definition) is 1. The molecule has 0 saturated heterocycles. The minimum atomic E-state index is -0.640. The Morgan fingerprint density at radius 2 is 2.08 bits per heavy atom. The number of nitrogens with one attached hydrogen (secondary N) is 1. The van der Waals surface area contributed by atoms with Gasteiger partial charge in [0.25, 0.3) is 0 Å². The maximum atomic E-state index is 13.2. The highest BCUT2D eigenvalue weighted by Crippen LogP contribution is 2.20. The highest BCUT2D eigenvalue weighted by molar-refractivity contribution is 5.79. The summed E-state index contributed by atoms with van der Waals surface area (Å²) >= 11 is 0. The van der Waals surface area contributed by atoms with E-state index in [0.717, 1.165) is 6.20 Å². The van der Waals surface area contributed by atoms with Crippen LogP contribution in [0.25, 0.3) is 10.9 Å². The molecule has 0 radical (unpaired) electrons. The summed E-state index contributed by atoms with van der Waals surface area (Å²) in [6, 6.07) is 6.29. The Labute approximate surface area is 144 Å². The molecule has 1 aromatic carbocycles. The van der Waals surface area contributed by atoms with Crippen LogP contribution in [0.1, 0.15) is 20.8 Å². The van der Waals surface area contributed by atoms with Crippen LogP contribution in [0.4, 0.5) is 13.6 Å². The van der Waals surface area contributed by atoms with Gasteiger partial charge in [0, 0.05) is 17.5 Å². The van der Waals surface area contributed by atoms with Gasteiger partial charge in [0.2, 0.25) is 0 Å². The number of amides is 1. The van der Waals surface area contributed by atoms with Gasteiger partial charge >= 0.3 is 6.09 Å². The molecule has 0 unspecified atom stereocenters. The lowest BCUT2D eigenvalue weighted by Crippen LogP contribution is -2.34. The number of fused-ring (bicyclic) bond motifs is 1. The van der Waals surface area contributed by atoms with Crippen molar-refractivity contribution in [3.05, 3.63) is 48.2 Å². The molecule has 2 aromatic rings. The standard InChI is InChI=1S/C18H20F2N2O3/c1-18(2,3)25-17(23)22-9-12(8-19)11-24-15-4-5-16-13(7-15)6-14(20)10-21-16/h4-8,10H,9,11H2,1-3H3,(H,22,23)/b12-8+. The zero-order valence-corrected chi connectivity index (χ0v) is 14.3. The van der Waals surface area contributed by atoms with Gasteiger partial charge in [-0.05, 0) is 45.0 Å². The summed E-state index contributed by atoms with van der Waals surface area (Å²) in [5.41, 5.74) is 0.221. The van der Waals surface area contributed by atoms with Crippen LogP contribution >= 0.6 is 0 Å². The second-order valence-corrected chi connectivity index (χ2v) is 6.42. The van der Waals surface area contributed by atoms with E-state index in [1.54, 1.807) is 39.0 Å². The summed E-state index contributed by atoms with van der Waals surface area (Å²) in [7, 11) is 0. The SMILES string of the molecule is CC(C)(C)OC(=O)NC/C(=C\F)COc1ccc2ncc(F)cc2c1. The first kappa shape index (κ1) is 18.6. The Morgan fingerprint density at radius 1 is 1.32 bits per heavy atom. The lowest BCUT2D eigenvalue weighted by atomic mass is 10.2. The molecule has 0 spiro atoms. The molecule has 0 atom stereocenters. The molecule has 0 aliphatic heterocycles. The van der Waals surface area contributed by atoms with E-state index in [0.29, 0.717) is 23.0 Å². The molecule has 0 aliphatic carbocycles. The van der Waals surface area contributed by atoms with Crippen molar-refractivity contribution in [3.8, 4) is 5.75 Å². The largest absolute Gasteiger partial charge is 0.489 e. The van der Waals surface area contributed by atoms with Crippen LogP contribution < -0.4 is 10.1 Å². The number of benzene rings is 1. The molecule has 0 fully saturated rings. The van der Waals surface area contributed by atoms with Gasteiger partial charge in [-0.15, -0.1) is 0 Å². The second-order valence-electron chi connectivity index (χ2n) is 6.42. The maximum absolute atomic E-state index is 13.2. The molecule has 7 heteroatoms. The first-order chi connectivity index (χ1) is 11.8. The number of halogens is 2. The van der Waals surface area contributed by atoms with E-state index in [1.807, 2.05) is 0 Å². The smallest absolute Gasteiger partial charge is 0.407 e. The third kappa shape index (κ3) is 6.02. The monoisotopic (exact) mass is 350 g/mol. The number of nitrogens with zero attached hydrogens (tertiary/aromatic N) is 1. The van der Waals surface area contributed by atoms with E-state index in [4.69, 9.17) is 9.47 Å². The van der Waals surface area contributed by atoms with E-state index < -0.39 is 17.5 Å². The van der Waals surface area contributed by atoms with Crippen molar-refractivity contribution >= 4 is 17.0 Å². The van der Waals surface area contributed by atoms with Crippen molar-refractivity contribution in [2.75, 3.05) is 13.2 Å². The number of pyridine rings is 1. The van der Waals surface area contributed by atoms with Gasteiger partial charge in [0.1, 0.15) is 23.8 Å². The molecule has 134 valence electrons. The van der Waals surface area contributed by atoms with Gasteiger partial charge < -0.3 is 14.8 Å². The Kier molecular flexibility index (Phi) is 5.90. The average Bonchev–Trinajstić information content (AvgIpc) is 2.53. The molecule has 2 rings (SSSR count). The highest BCUT2D eigenvalue weighted by Gasteiger charge is 2.16. The molecule has 1 amide bonds. The molecule has 1 aromatic heterocycles. The molecule has 0 bridgehead atoms. The van der Waals surface area contributed by atoms with Crippen molar-refractivity contribution in [2.24, 2.45) is 0 Å². The fraction of sp³-hybridized carbons (Fsp3) is 0.333. The van der Waals surface area contributed by atoms with Gasteiger partial charge in [-0.25, -0.2) is 13.6 Å². The summed E-state index contributed by atoms with van der Waals surface area (Å²) in [6.07, 6.45) is 0.869. The first-order valence-corrected chi connectivity index (χ1v) is 7.70. The summed E-state index contributed by atoms with van der Waals surface area (Å²) in [5, 5.41) is 3.03. The minimum Gasteiger partial charge on any atom is -0.489 e. The molecule has 0 aliphatic rings. The Balaban J connectivity index is 1.91. The van der Waals surface area contributed by atoms with Crippen molar-refractivity contribution in [1.29, 1.82) is 0 Å². The number of alkyl carbamates (subject to hydrolysis) is 1. The summed E-state index contributed by atoms with van der Waals surface area (Å²) in [4.78, 5) is 15.5. The highest BCUT2D eigenvalue weighted by atomic mass is 19.1. The van der Waals surface area contributed by atoms with E-state index in [9.17, 15) is 13.6 Å². The summed E-state index contributed by atoms with van der Waals surface area (Å²) in [6.45, 7) is 5.09. The molecular weight excluding hydrogens is 330 g/mol. The van der Waals surface area contributed by atoms with Crippen LogP contribution in [0.3, 0.4) is 0 Å². The molecular formula is C18H20F2N2O3. The van der Waals surface area contributed by atoms with Crippen molar-refractivity contribution in [2.45, 2.75) is 26.4 Å². The normalized spacial score (nSPS) is 12.1. The first-order valence-electron chi connectivity index (χ1n) is 7.70. The Hall–Kier alpha value is -2.70. The molecule has 5 nitrogen and oxygen atoms in total. The van der Waals surface area contributed by atoms with E-state index >= 15 is 0 Å². The Morgan fingerprint density at radius 3 is 2.76 bits per heavy atom. The number of ether oxygens (including phenoxy) is 2. The van der Waals surface area contributed by atoms with E-state index in [-0.39, 0.29) is 18.7 Å². The molecule has 1 N–H and O–H groups in total. The number of hydrogen-bond acceptors (Lipinski definition) is 4.